The largest absolute Gasteiger partial charge is 0.459 e. The Morgan fingerprint density at radius 3 is 2.70 bits per heavy atom. The minimum atomic E-state index is -0.401. The van der Waals surface area contributed by atoms with Crippen LogP contribution in [0.1, 0.15) is 34.8 Å². The fraction of sp³-hybridized carbons (Fsp3) is 0.154. The molecule has 0 saturated heterocycles. The van der Waals surface area contributed by atoms with Crippen LogP contribution >= 0.6 is 11.3 Å². The van der Waals surface area contributed by atoms with Crippen LogP contribution in [0.2, 0.25) is 0 Å². The first-order valence-corrected chi connectivity index (χ1v) is 6.69. The Morgan fingerprint density at radius 2 is 2.05 bits per heavy atom. The maximum atomic E-state index is 11.9. The van der Waals surface area contributed by atoms with Gasteiger partial charge in [0.1, 0.15) is 5.00 Å². The van der Waals surface area contributed by atoms with Gasteiger partial charge < -0.3 is 9.73 Å². The molecule has 0 aliphatic carbocycles. The molecular weight excluding hydrogens is 278 g/mol. The summed E-state index contributed by atoms with van der Waals surface area (Å²) in [5, 5.41) is 8.65. The van der Waals surface area contributed by atoms with E-state index >= 15 is 0 Å². The van der Waals surface area contributed by atoms with Gasteiger partial charge in [0.25, 0.3) is 11.8 Å². The maximum absolute atomic E-state index is 11.9. The van der Waals surface area contributed by atoms with Crippen LogP contribution in [0.4, 0.5) is 5.00 Å². The third kappa shape index (κ3) is 3.33. The molecule has 7 heteroatoms. The summed E-state index contributed by atoms with van der Waals surface area (Å²) in [6, 6.07) is 4.79. The Morgan fingerprint density at radius 1 is 1.25 bits per heavy atom. The average molecular weight is 291 g/mol. The van der Waals surface area contributed by atoms with E-state index in [0.29, 0.717) is 10.6 Å². The van der Waals surface area contributed by atoms with E-state index in [-0.39, 0.29) is 11.7 Å². The van der Waals surface area contributed by atoms with E-state index in [1.807, 2.05) is 0 Å². The highest BCUT2D eigenvalue weighted by molar-refractivity contribution is 7.14. The van der Waals surface area contributed by atoms with Crippen molar-refractivity contribution in [2.24, 2.45) is 5.10 Å². The molecule has 2 amide bonds. The van der Waals surface area contributed by atoms with Crippen LogP contribution in [-0.2, 0) is 0 Å². The van der Waals surface area contributed by atoms with Gasteiger partial charge in [0.15, 0.2) is 5.76 Å². The summed E-state index contributed by atoms with van der Waals surface area (Å²) in [4.78, 5) is 23.8. The highest BCUT2D eigenvalue weighted by Gasteiger charge is 2.16. The molecule has 0 aliphatic rings. The van der Waals surface area contributed by atoms with E-state index in [1.165, 1.54) is 17.6 Å². The third-order valence-electron chi connectivity index (χ3n) is 2.26. The zero-order valence-corrected chi connectivity index (χ0v) is 11.8. The van der Waals surface area contributed by atoms with Crippen molar-refractivity contribution in [3.8, 4) is 0 Å². The lowest BCUT2D eigenvalue weighted by Crippen LogP contribution is -2.20. The Hall–Kier alpha value is -2.41. The molecule has 0 aromatic carbocycles. The molecule has 2 heterocycles. The zero-order valence-electron chi connectivity index (χ0n) is 11.0. The molecular formula is C13H13N3O3S. The van der Waals surface area contributed by atoms with Crippen LogP contribution in [0, 0.1) is 0 Å². The molecule has 2 aromatic heterocycles. The zero-order chi connectivity index (χ0) is 14.5. The second-order valence-electron chi connectivity index (χ2n) is 4.09. The minimum absolute atomic E-state index is 0.187. The van der Waals surface area contributed by atoms with Crippen LogP contribution in [0.5, 0.6) is 0 Å². The molecule has 2 aromatic rings. The Labute approximate surface area is 119 Å². The first-order chi connectivity index (χ1) is 9.58. The Kier molecular flexibility index (Phi) is 4.31. The van der Waals surface area contributed by atoms with E-state index in [0.717, 1.165) is 5.71 Å². The lowest BCUT2D eigenvalue weighted by molar-refractivity contribution is 0.0956. The molecule has 0 spiro atoms. The van der Waals surface area contributed by atoms with Gasteiger partial charge in [-0.05, 0) is 37.4 Å². The van der Waals surface area contributed by atoms with E-state index in [1.54, 1.807) is 37.4 Å². The van der Waals surface area contributed by atoms with Gasteiger partial charge >= 0.3 is 0 Å². The number of carbonyl (C=O) groups excluding carboxylic acids is 2. The number of carbonyl (C=O) groups is 2. The monoisotopic (exact) mass is 291 g/mol. The molecule has 0 bridgehead atoms. The van der Waals surface area contributed by atoms with Crippen molar-refractivity contribution in [1.29, 1.82) is 0 Å². The van der Waals surface area contributed by atoms with Crippen LogP contribution in [0.3, 0.4) is 0 Å². The SMILES string of the molecule is CC(C)=NNC(=O)c1ccsc1NC(=O)c1ccco1. The molecule has 0 saturated carbocycles. The number of anilines is 1. The first kappa shape index (κ1) is 14.0. The Balaban J connectivity index is 2.11. The normalized spacial score (nSPS) is 9.90. The third-order valence-corrected chi connectivity index (χ3v) is 3.09. The van der Waals surface area contributed by atoms with Gasteiger partial charge in [-0.2, -0.15) is 5.10 Å². The molecule has 2 rings (SSSR count). The van der Waals surface area contributed by atoms with Gasteiger partial charge in [0.05, 0.1) is 11.8 Å². The number of amides is 2. The predicted octanol–water partition coefficient (Wildman–Crippen LogP) is 2.72. The summed E-state index contributed by atoms with van der Waals surface area (Å²) in [6.45, 7) is 3.54. The number of furan rings is 1. The predicted molar refractivity (Wildman–Crippen MR) is 77.2 cm³/mol. The van der Waals surface area contributed by atoms with E-state index in [2.05, 4.69) is 15.8 Å². The van der Waals surface area contributed by atoms with Crippen LogP contribution < -0.4 is 10.7 Å². The van der Waals surface area contributed by atoms with Crippen molar-refractivity contribution >= 4 is 33.9 Å². The van der Waals surface area contributed by atoms with E-state index in [4.69, 9.17) is 4.42 Å². The molecule has 0 atom stereocenters. The van der Waals surface area contributed by atoms with Gasteiger partial charge in [0, 0.05) is 5.71 Å². The highest BCUT2D eigenvalue weighted by atomic mass is 32.1. The van der Waals surface area contributed by atoms with Gasteiger partial charge in [-0.1, -0.05) is 0 Å². The highest BCUT2D eigenvalue weighted by Crippen LogP contribution is 2.23. The van der Waals surface area contributed by atoms with Gasteiger partial charge in [-0.3, -0.25) is 9.59 Å². The standard InChI is InChI=1S/C13H13N3O3S/c1-8(2)15-16-11(17)9-5-7-20-13(9)14-12(18)10-4-3-6-19-10/h3-7H,1-2H3,(H,14,18)(H,16,17). The molecule has 0 unspecified atom stereocenters. The lowest BCUT2D eigenvalue weighted by Gasteiger charge is -2.04. The number of rotatable bonds is 4. The molecule has 20 heavy (non-hydrogen) atoms. The molecule has 0 aliphatic heterocycles. The number of nitrogens with one attached hydrogen (secondary N) is 2. The molecule has 0 radical (unpaired) electrons. The quantitative estimate of drug-likeness (QED) is 0.671. The van der Waals surface area contributed by atoms with Crippen molar-refractivity contribution in [3.05, 3.63) is 41.2 Å². The maximum Gasteiger partial charge on any atom is 0.291 e. The summed E-state index contributed by atoms with van der Waals surface area (Å²) in [5.41, 5.74) is 3.51. The first-order valence-electron chi connectivity index (χ1n) is 5.81. The summed E-state index contributed by atoms with van der Waals surface area (Å²) in [7, 11) is 0. The van der Waals surface area contributed by atoms with Crippen molar-refractivity contribution in [2.45, 2.75) is 13.8 Å². The second-order valence-corrected chi connectivity index (χ2v) is 5.01. The summed E-state index contributed by atoms with van der Waals surface area (Å²) < 4.78 is 4.99. The number of hydrazone groups is 1. The Bertz CT molecular complexity index is 640. The van der Waals surface area contributed by atoms with Crippen LogP contribution in [0.15, 0.2) is 39.4 Å². The number of hydrogen-bond donors (Lipinski definition) is 2. The smallest absolute Gasteiger partial charge is 0.291 e. The number of nitrogens with zero attached hydrogens (tertiary/aromatic N) is 1. The van der Waals surface area contributed by atoms with E-state index in [9.17, 15) is 9.59 Å². The topological polar surface area (TPSA) is 83.7 Å². The summed E-state index contributed by atoms with van der Waals surface area (Å²) >= 11 is 1.25. The van der Waals surface area contributed by atoms with Gasteiger partial charge in [-0.25, -0.2) is 5.43 Å². The van der Waals surface area contributed by atoms with Crippen molar-refractivity contribution in [2.75, 3.05) is 5.32 Å². The minimum Gasteiger partial charge on any atom is -0.459 e. The number of thiophene rings is 1. The number of hydrogen-bond acceptors (Lipinski definition) is 5. The van der Waals surface area contributed by atoms with Crippen molar-refractivity contribution in [3.63, 3.8) is 0 Å². The van der Waals surface area contributed by atoms with Crippen molar-refractivity contribution in [1.82, 2.24) is 5.43 Å². The lowest BCUT2D eigenvalue weighted by atomic mass is 10.3. The summed E-state index contributed by atoms with van der Waals surface area (Å²) in [5.74, 6) is -0.587. The molecule has 6 nitrogen and oxygen atoms in total. The molecule has 0 fully saturated rings. The van der Waals surface area contributed by atoms with Gasteiger partial charge in [-0.15, -0.1) is 11.3 Å². The second kappa shape index (κ2) is 6.16. The fourth-order valence-corrected chi connectivity index (χ4v) is 2.16. The van der Waals surface area contributed by atoms with Crippen LogP contribution in [0.25, 0.3) is 0 Å². The fourth-order valence-electron chi connectivity index (χ4n) is 1.38. The van der Waals surface area contributed by atoms with Gasteiger partial charge in [0.2, 0.25) is 0 Å². The molecule has 2 N–H and O–H groups in total. The van der Waals surface area contributed by atoms with E-state index < -0.39 is 5.91 Å². The van der Waals surface area contributed by atoms with Crippen LogP contribution in [-0.4, -0.2) is 17.5 Å². The molecule has 104 valence electrons. The average Bonchev–Trinajstić information content (AvgIpc) is 3.06. The summed E-state index contributed by atoms with van der Waals surface area (Å²) in [6.07, 6.45) is 1.41. The van der Waals surface area contributed by atoms with Crippen molar-refractivity contribution < 1.29 is 14.0 Å².